The van der Waals surface area contributed by atoms with Gasteiger partial charge in [-0.05, 0) is 12.1 Å². The Morgan fingerprint density at radius 2 is 1.53 bits per heavy atom. The number of amides is 2. The molecule has 2 bridgehead atoms. The van der Waals surface area contributed by atoms with Crippen molar-refractivity contribution in [2.24, 2.45) is 11.8 Å². The van der Waals surface area contributed by atoms with Crippen LogP contribution in [0.15, 0.2) is 42.5 Å². The Morgan fingerprint density at radius 1 is 0.947 bits per heavy atom. The molecule has 3 aliphatic heterocycles. The summed E-state index contributed by atoms with van der Waals surface area (Å²) in [6.45, 7) is 0. The van der Waals surface area contributed by atoms with Crippen molar-refractivity contribution in [1.29, 1.82) is 0 Å². The van der Waals surface area contributed by atoms with Crippen LogP contribution in [0.4, 0.5) is 5.69 Å². The SMILES string of the molecule is O=C1[C@@H]2[C@H](C(=O)N1Nc1ccccc1)[C@@H]1C=C[C@@H]2O1. The highest BCUT2D eigenvalue weighted by molar-refractivity contribution is 6.07. The number of para-hydroxylation sites is 1. The van der Waals surface area contributed by atoms with Crippen molar-refractivity contribution < 1.29 is 14.3 Å². The van der Waals surface area contributed by atoms with Crippen molar-refractivity contribution >= 4 is 17.5 Å². The lowest BCUT2D eigenvalue weighted by atomic mass is 9.85. The van der Waals surface area contributed by atoms with E-state index in [1.54, 1.807) is 0 Å². The number of hydrogen-bond acceptors (Lipinski definition) is 4. The first kappa shape index (κ1) is 10.8. The van der Waals surface area contributed by atoms with Crippen LogP contribution in [0.25, 0.3) is 0 Å². The molecule has 0 aromatic heterocycles. The standard InChI is InChI=1S/C14H12N2O3/c17-13-11-9-6-7-10(19-9)12(11)14(18)16(13)15-8-4-2-1-3-5-8/h1-7,9-12,15H/t9-,10-,11-,12+/m0/s1. The van der Waals surface area contributed by atoms with E-state index in [-0.39, 0.29) is 35.9 Å². The fraction of sp³-hybridized carbons (Fsp3) is 0.286. The number of carbonyl (C=O) groups is 2. The highest BCUT2D eigenvalue weighted by Crippen LogP contribution is 2.44. The van der Waals surface area contributed by atoms with Crippen molar-refractivity contribution in [3.8, 4) is 0 Å². The van der Waals surface area contributed by atoms with E-state index in [0.29, 0.717) is 0 Å². The number of hydrazine groups is 1. The molecule has 2 amide bonds. The minimum Gasteiger partial charge on any atom is -0.365 e. The van der Waals surface area contributed by atoms with Crippen molar-refractivity contribution in [3.05, 3.63) is 42.5 Å². The average molecular weight is 256 g/mol. The molecule has 5 heteroatoms. The van der Waals surface area contributed by atoms with Gasteiger partial charge >= 0.3 is 0 Å². The summed E-state index contributed by atoms with van der Waals surface area (Å²) in [6.07, 6.45) is 3.27. The number of carbonyl (C=O) groups excluding carboxylic acids is 2. The minimum absolute atomic E-state index is 0.198. The maximum Gasteiger partial charge on any atom is 0.255 e. The van der Waals surface area contributed by atoms with Gasteiger partial charge in [0, 0.05) is 0 Å². The van der Waals surface area contributed by atoms with Crippen LogP contribution in [0.3, 0.4) is 0 Å². The molecule has 19 heavy (non-hydrogen) atoms. The van der Waals surface area contributed by atoms with E-state index in [2.05, 4.69) is 5.43 Å². The quantitative estimate of drug-likeness (QED) is 0.632. The lowest BCUT2D eigenvalue weighted by Gasteiger charge is -2.19. The Kier molecular flexibility index (Phi) is 2.08. The van der Waals surface area contributed by atoms with Gasteiger partial charge in [0.25, 0.3) is 11.8 Å². The largest absolute Gasteiger partial charge is 0.365 e. The van der Waals surface area contributed by atoms with Crippen LogP contribution < -0.4 is 5.43 Å². The van der Waals surface area contributed by atoms with E-state index in [4.69, 9.17) is 4.74 Å². The fourth-order valence-corrected chi connectivity index (χ4v) is 3.06. The highest BCUT2D eigenvalue weighted by atomic mass is 16.5. The van der Waals surface area contributed by atoms with Gasteiger partial charge in [-0.1, -0.05) is 30.4 Å². The Bertz CT molecular complexity index is 554. The van der Waals surface area contributed by atoms with Gasteiger partial charge in [-0.15, -0.1) is 0 Å². The summed E-state index contributed by atoms with van der Waals surface area (Å²) >= 11 is 0. The Hall–Kier alpha value is -2.14. The first-order valence-electron chi connectivity index (χ1n) is 6.29. The topological polar surface area (TPSA) is 58.6 Å². The molecule has 1 aromatic carbocycles. The van der Waals surface area contributed by atoms with Gasteiger partial charge < -0.3 is 4.74 Å². The zero-order valence-electron chi connectivity index (χ0n) is 10.0. The van der Waals surface area contributed by atoms with Crippen LogP contribution in [0.5, 0.6) is 0 Å². The molecule has 1 N–H and O–H groups in total. The monoisotopic (exact) mass is 256 g/mol. The number of anilines is 1. The molecule has 0 saturated carbocycles. The lowest BCUT2D eigenvalue weighted by molar-refractivity contribution is -0.140. The third-order valence-corrected chi connectivity index (χ3v) is 3.93. The molecule has 96 valence electrons. The maximum atomic E-state index is 12.3. The summed E-state index contributed by atoms with van der Waals surface area (Å²) in [6, 6.07) is 9.21. The van der Waals surface area contributed by atoms with E-state index in [1.165, 1.54) is 0 Å². The third kappa shape index (κ3) is 1.39. The summed E-state index contributed by atoms with van der Waals surface area (Å²) in [4.78, 5) is 24.6. The van der Waals surface area contributed by atoms with Gasteiger partial charge in [-0.25, -0.2) is 0 Å². The second-order valence-electron chi connectivity index (χ2n) is 4.99. The second-order valence-corrected chi connectivity index (χ2v) is 4.99. The molecule has 1 aromatic rings. The first-order valence-corrected chi connectivity index (χ1v) is 6.29. The van der Waals surface area contributed by atoms with Crippen LogP contribution in [0.1, 0.15) is 0 Å². The van der Waals surface area contributed by atoms with E-state index in [9.17, 15) is 9.59 Å². The summed E-state index contributed by atoms with van der Waals surface area (Å²) < 4.78 is 5.57. The van der Waals surface area contributed by atoms with Crippen LogP contribution in [0, 0.1) is 11.8 Å². The third-order valence-electron chi connectivity index (χ3n) is 3.93. The molecule has 4 rings (SSSR count). The van der Waals surface area contributed by atoms with E-state index in [0.717, 1.165) is 10.7 Å². The normalized spacial score (nSPS) is 35.1. The van der Waals surface area contributed by atoms with Gasteiger partial charge in [-0.2, -0.15) is 5.01 Å². The molecule has 0 radical (unpaired) electrons. The van der Waals surface area contributed by atoms with E-state index < -0.39 is 0 Å². The van der Waals surface area contributed by atoms with Gasteiger partial charge in [0.2, 0.25) is 0 Å². The van der Waals surface area contributed by atoms with Crippen molar-refractivity contribution in [1.82, 2.24) is 5.01 Å². The number of rotatable bonds is 2. The number of ether oxygens (including phenoxy) is 1. The molecule has 3 aliphatic rings. The molecule has 5 nitrogen and oxygen atoms in total. The molecule has 0 spiro atoms. The number of hydrogen-bond donors (Lipinski definition) is 1. The number of nitrogens with one attached hydrogen (secondary N) is 1. The number of fused-ring (bicyclic) bond motifs is 5. The molecule has 4 atom stereocenters. The van der Waals surface area contributed by atoms with Gasteiger partial charge in [0.15, 0.2) is 0 Å². The van der Waals surface area contributed by atoms with Gasteiger partial charge in [0.05, 0.1) is 29.7 Å². The molecule has 0 aliphatic carbocycles. The van der Waals surface area contributed by atoms with Gasteiger partial charge in [-0.3, -0.25) is 15.0 Å². The molecule has 2 saturated heterocycles. The summed E-state index contributed by atoms with van der Waals surface area (Å²) in [5, 5.41) is 1.14. The molecule has 0 unspecified atom stereocenters. The zero-order valence-corrected chi connectivity index (χ0v) is 10.0. The fourth-order valence-electron chi connectivity index (χ4n) is 3.06. The van der Waals surface area contributed by atoms with Crippen LogP contribution >= 0.6 is 0 Å². The average Bonchev–Trinajstić information content (AvgIpc) is 3.10. The van der Waals surface area contributed by atoms with Crippen LogP contribution in [-0.2, 0) is 14.3 Å². The molecule has 2 fully saturated rings. The lowest BCUT2D eigenvalue weighted by Crippen LogP contribution is -2.38. The second kappa shape index (κ2) is 3.68. The first-order chi connectivity index (χ1) is 9.25. The number of benzene rings is 1. The summed E-state index contributed by atoms with van der Waals surface area (Å²) in [5.41, 5.74) is 3.62. The molecule has 3 heterocycles. The number of imide groups is 1. The Balaban J connectivity index is 1.62. The Morgan fingerprint density at radius 3 is 2.11 bits per heavy atom. The highest BCUT2D eigenvalue weighted by Gasteiger charge is 2.61. The number of nitrogens with zero attached hydrogens (tertiary/aromatic N) is 1. The predicted octanol–water partition coefficient (Wildman–Crippen LogP) is 0.952. The maximum absolute atomic E-state index is 12.3. The predicted molar refractivity (Wildman–Crippen MR) is 66.7 cm³/mol. The smallest absolute Gasteiger partial charge is 0.255 e. The minimum atomic E-state index is -0.362. The zero-order chi connectivity index (χ0) is 13.0. The van der Waals surface area contributed by atoms with Crippen molar-refractivity contribution in [2.75, 3.05) is 5.43 Å². The molecular formula is C14H12N2O3. The van der Waals surface area contributed by atoms with Crippen molar-refractivity contribution in [3.63, 3.8) is 0 Å². The van der Waals surface area contributed by atoms with Crippen molar-refractivity contribution in [2.45, 2.75) is 12.2 Å². The summed E-state index contributed by atoms with van der Waals surface area (Å²) in [5.74, 6) is -1.12. The molecular weight excluding hydrogens is 244 g/mol. The Labute approximate surface area is 109 Å². The van der Waals surface area contributed by atoms with Crippen LogP contribution in [-0.4, -0.2) is 29.0 Å². The van der Waals surface area contributed by atoms with E-state index >= 15 is 0 Å². The van der Waals surface area contributed by atoms with E-state index in [1.807, 2.05) is 42.5 Å². The van der Waals surface area contributed by atoms with Gasteiger partial charge in [0.1, 0.15) is 0 Å². The summed E-state index contributed by atoms with van der Waals surface area (Å²) in [7, 11) is 0. The van der Waals surface area contributed by atoms with Crippen LogP contribution in [0.2, 0.25) is 0 Å².